The van der Waals surface area contributed by atoms with Crippen molar-refractivity contribution >= 4 is 34.5 Å². The van der Waals surface area contributed by atoms with Crippen LogP contribution in [0.2, 0.25) is 0 Å². The van der Waals surface area contributed by atoms with E-state index in [1.54, 1.807) is 11.8 Å². The lowest BCUT2D eigenvalue weighted by Crippen LogP contribution is -2.53. The average Bonchev–Trinajstić information content (AvgIpc) is 3.25. The topological polar surface area (TPSA) is 100 Å². The van der Waals surface area contributed by atoms with Crippen LogP contribution in [0.5, 0.6) is 0 Å². The largest absolute Gasteiger partial charge is 0.381 e. The number of amides is 2. The van der Waals surface area contributed by atoms with Gasteiger partial charge in [-0.2, -0.15) is 0 Å². The number of ketones is 1. The Hall–Kier alpha value is -2.39. The molecule has 1 aromatic carbocycles. The molecule has 1 aromatic rings. The second-order valence-electron chi connectivity index (χ2n) is 9.74. The number of likely N-dealkylation sites (N-methyl/N-ethyl adjacent to an activating group) is 1. The maximum atomic E-state index is 13.2. The highest BCUT2D eigenvalue weighted by Crippen LogP contribution is 2.26. The molecule has 1 unspecified atom stereocenters. The molecule has 1 saturated carbocycles. The van der Waals surface area contributed by atoms with Gasteiger partial charge in [0.2, 0.25) is 11.7 Å². The first kappa shape index (κ1) is 25.7. The third-order valence-electron chi connectivity index (χ3n) is 7.34. The third-order valence-corrected chi connectivity index (χ3v) is 8.53. The minimum absolute atomic E-state index is 0.0766. The van der Waals surface area contributed by atoms with Gasteiger partial charge in [0.1, 0.15) is 6.04 Å². The fraction of sp³-hybridized carbons (Fsp3) is 0.615. The molecule has 3 aliphatic rings. The van der Waals surface area contributed by atoms with Crippen LogP contribution in [0.15, 0.2) is 35.4 Å². The van der Waals surface area contributed by atoms with E-state index in [9.17, 15) is 14.4 Å². The fourth-order valence-corrected chi connectivity index (χ4v) is 6.26. The Kier molecular flexibility index (Phi) is 9.20. The minimum atomic E-state index is -0.840. The van der Waals surface area contributed by atoms with Gasteiger partial charge >= 0.3 is 5.91 Å². The molecule has 0 bridgehead atoms. The molecule has 2 heterocycles. The summed E-state index contributed by atoms with van der Waals surface area (Å²) in [6.07, 6.45) is 7.06. The van der Waals surface area contributed by atoms with E-state index >= 15 is 0 Å². The quantitative estimate of drug-likeness (QED) is 0.421. The van der Waals surface area contributed by atoms with E-state index in [0.717, 1.165) is 44.3 Å². The van der Waals surface area contributed by atoms with Crippen LogP contribution in [0.3, 0.4) is 0 Å². The summed E-state index contributed by atoms with van der Waals surface area (Å²) in [5, 5.41) is 7.88. The molecule has 35 heavy (non-hydrogen) atoms. The van der Waals surface area contributed by atoms with Gasteiger partial charge in [-0.25, -0.2) is 5.43 Å². The van der Waals surface area contributed by atoms with E-state index in [-0.39, 0.29) is 23.8 Å². The SMILES string of the molecule is CN1C(=NNC(=O)C(=O)C(NC(=O)C2CCCCC2)C2CCOCC2)SC[C@H]1Cc1ccccc1. The van der Waals surface area contributed by atoms with E-state index in [2.05, 4.69) is 28.0 Å². The lowest BCUT2D eigenvalue weighted by atomic mass is 9.85. The monoisotopic (exact) mass is 500 g/mol. The van der Waals surface area contributed by atoms with Crippen molar-refractivity contribution in [3.8, 4) is 0 Å². The normalized spacial score (nSPS) is 23.7. The summed E-state index contributed by atoms with van der Waals surface area (Å²) < 4.78 is 5.44. The zero-order valence-electron chi connectivity index (χ0n) is 20.4. The highest BCUT2D eigenvalue weighted by molar-refractivity contribution is 8.14. The number of nitrogens with zero attached hydrogens (tertiary/aromatic N) is 2. The van der Waals surface area contributed by atoms with Crippen molar-refractivity contribution in [2.75, 3.05) is 26.0 Å². The number of ether oxygens (including phenoxy) is 1. The summed E-state index contributed by atoms with van der Waals surface area (Å²) in [7, 11) is 1.95. The van der Waals surface area contributed by atoms with E-state index in [4.69, 9.17) is 4.74 Å². The second-order valence-corrected chi connectivity index (χ2v) is 10.7. The predicted octanol–water partition coefficient (Wildman–Crippen LogP) is 2.72. The molecule has 0 radical (unpaired) electrons. The van der Waals surface area contributed by atoms with E-state index in [1.165, 1.54) is 5.56 Å². The van der Waals surface area contributed by atoms with Crippen molar-refractivity contribution in [3.63, 3.8) is 0 Å². The maximum absolute atomic E-state index is 13.2. The van der Waals surface area contributed by atoms with Gasteiger partial charge in [0.15, 0.2) is 5.17 Å². The Morgan fingerprint density at radius 3 is 2.51 bits per heavy atom. The molecule has 1 aliphatic carbocycles. The molecule has 190 valence electrons. The van der Waals surface area contributed by atoms with Crippen LogP contribution in [-0.4, -0.2) is 65.8 Å². The molecule has 8 nitrogen and oxygen atoms in total. The van der Waals surface area contributed by atoms with Gasteiger partial charge in [-0.05, 0) is 43.6 Å². The molecule has 0 aromatic heterocycles. The smallest absolute Gasteiger partial charge is 0.309 e. The first-order valence-corrected chi connectivity index (χ1v) is 13.7. The number of Topliss-reactive ketones (excluding diaryl/α,β-unsaturated/α-hetero) is 1. The first-order chi connectivity index (χ1) is 17.0. The molecule has 2 saturated heterocycles. The molecule has 2 aliphatic heterocycles. The van der Waals surface area contributed by atoms with Crippen molar-refractivity contribution in [2.45, 2.75) is 63.5 Å². The number of thioether (sulfide) groups is 1. The first-order valence-electron chi connectivity index (χ1n) is 12.7. The van der Waals surface area contributed by atoms with Crippen LogP contribution in [0, 0.1) is 11.8 Å². The number of benzene rings is 1. The predicted molar refractivity (Wildman–Crippen MR) is 137 cm³/mol. The van der Waals surface area contributed by atoms with Gasteiger partial charge in [-0.15, -0.1) is 5.10 Å². The van der Waals surface area contributed by atoms with Crippen LogP contribution in [0.4, 0.5) is 0 Å². The fourth-order valence-electron chi connectivity index (χ4n) is 5.11. The number of carbonyl (C=O) groups excluding carboxylic acids is 3. The van der Waals surface area contributed by atoms with Crippen molar-refractivity contribution < 1.29 is 19.1 Å². The molecule has 4 rings (SSSR count). The van der Waals surface area contributed by atoms with Crippen LogP contribution in [0.1, 0.15) is 50.5 Å². The van der Waals surface area contributed by atoms with E-state index in [1.807, 2.05) is 30.1 Å². The Bertz CT molecular complexity index is 913. The average molecular weight is 501 g/mol. The number of hydrazone groups is 1. The second kappa shape index (κ2) is 12.5. The van der Waals surface area contributed by atoms with Crippen molar-refractivity contribution in [2.24, 2.45) is 16.9 Å². The summed E-state index contributed by atoms with van der Waals surface area (Å²) in [6, 6.07) is 9.69. The third kappa shape index (κ3) is 6.85. The number of carbonyl (C=O) groups is 3. The van der Waals surface area contributed by atoms with Crippen LogP contribution in [-0.2, 0) is 25.5 Å². The van der Waals surface area contributed by atoms with Gasteiger partial charge in [-0.3, -0.25) is 14.4 Å². The lowest BCUT2D eigenvalue weighted by molar-refractivity contribution is -0.142. The molecule has 3 fully saturated rings. The summed E-state index contributed by atoms with van der Waals surface area (Å²) in [5.74, 6) is -0.844. The van der Waals surface area contributed by atoms with Gasteiger partial charge in [0.25, 0.3) is 0 Å². The van der Waals surface area contributed by atoms with Gasteiger partial charge in [-0.1, -0.05) is 61.4 Å². The van der Waals surface area contributed by atoms with Crippen molar-refractivity contribution in [1.29, 1.82) is 0 Å². The van der Waals surface area contributed by atoms with Gasteiger partial charge < -0.3 is 15.0 Å². The highest BCUT2D eigenvalue weighted by Gasteiger charge is 2.37. The van der Waals surface area contributed by atoms with Crippen LogP contribution < -0.4 is 10.7 Å². The van der Waals surface area contributed by atoms with E-state index in [0.29, 0.717) is 31.2 Å². The zero-order chi connectivity index (χ0) is 24.6. The number of hydrogen-bond acceptors (Lipinski definition) is 6. The molecular weight excluding hydrogens is 464 g/mol. The molecule has 2 N–H and O–H groups in total. The zero-order valence-corrected chi connectivity index (χ0v) is 21.2. The van der Waals surface area contributed by atoms with Crippen molar-refractivity contribution in [1.82, 2.24) is 15.6 Å². The van der Waals surface area contributed by atoms with Crippen molar-refractivity contribution in [3.05, 3.63) is 35.9 Å². The number of nitrogens with one attached hydrogen (secondary N) is 2. The molecule has 9 heteroatoms. The highest BCUT2D eigenvalue weighted by atomic mass is 32.2. The lowest BCUT2D eigenvalue weighted by Gasteiger charge is -2.31. The minimum Gasteiger partial charge on any atom is -0.381 e. The Morgan fingerprint density at radius 1 is 1.09 bits per heavy atom. The van der Waals surface area contributed by atoms with E-state index < -0.39 is 17.7 Å². The van der Waals surface area contributed by atoms with Crippen LogP contribution >= 0.6 is 11.8 Å². The summed E-state index contributed by atoms with van der Waals surface area (Å²) in [5.41, 5.74) is 3.71. The molecule has 0 spiro atoms. The Labute approximate surface area is 211 Å². The summed E-state index contributed by atoms with van der Waals surface area (Å²) >= 11 is 1.56. The van der Waals surface area contributed by atoms with Gasteiger partial charge in [0, 0.05) is 38.0 Å². The molecule has 2 amide bonds. The Morgan fingerprint density at radius 2 is 1.80 bits per heavy atom. The Balaban J connectivity index is 1.37. The number of amidine groups is 1. The molecule has 2 atom stereocenters. The summed E-state index contributed by atoms with van der Waals surface area (Å²) in [4.78, 5) is 41.0. The number of rotatable bonds is 8. The summed E-state index contributed by atoms with van der Waals surface area (Å²) in [6.45, 7) is 1.06. The standard InChI is InChI=1S/C26H36N4O4S/c1-30-21(16-18-8-4-2-5-9-18)17-35-26(30)29-28-25(33)23(31)22(19-12-14-34-15-13-19)27-24(32)20-10-6-3-7-11-20/h2,4-5,8-9,19-22H,3,6-7,10-17H2,1H3,(H,27,32)(H,28,33)/t21-,22?/m1/s1. The number of hydrogen-bond donors (Lipinski definition) is 2. The van der Waals surface area contributed by atoms with Crippen LogP contribution in [0.25, 0.3) is 0 Å². The maximum Gasteiger partial charge on any atom is 0.309 e. The van der Waals surface area contributed by atoms with Gasteiger partial charge in [0.05, 0.1) is 0 Å². The molecular formula is C26H36N4O4S.